The fourth-order valence-electron chi connectivity index (χ4n) is 3.67. The average Bonchev–Trinajstić information content (AvgIpc) is 3.01. The van der Waals surface area contributed by atoms with Crippen LogP contribution in [0.1, 0.15) is 26.0 Å². The van der Waals surface area contributed by atoms with Crippen LogP contribution in [0.25, 0.3) is 11.2 Å². The minimum atomic E-state index is -4.77. The number of fused-ring (bicyclic) bond motifs is 3. The maximum absolute atomic E-state index is 12.0. The number of aromatic amines is 1. The molecule has 0 spiro atoms. The second-order valence-electron chi connectivity index (χ2n) is 6.30. The summed E-state index contributed by atoms with van der Waals surface area (Å²) in [5, 5.41) is 0. The molecule has 13 heteroatoms. The number of aromatic nitrogens is 4. The summed E-state index contributed by atoms with van der Waals surface area (Å²) in [7, 11) is -4.77. The number of H-pyrrole nitrogens is 1. The van der Waals surface area contributed by atoms with Gasteiger partial charge in [-0.2, -0.15) is 4.98 Å². The third kappa shape index (κ3) is 2.66. The summed E-state index contributed by atoms with van der Waals surface area (Å²) in [5.41, 5.74) is 4.44. The Morgan fingerprint density at radius 1 is 1.58 bits per heavy atom. The van der Waals surface area contributed by atoms with Crippen LogP contribution in [0.4, 0.5) is 5.95 Å². The molecule has 0 radical (unpaired) electrons. The quantitative estimate of drug-likeness (QED) is 0.507. The Morgan fingerprint density at radius 3 is 3.04 bits per heavy atom. The van der Waals surface area contributed by atoms with Crippen molar-refractivity contribution in [3.05, 3.63) is 16.7 Å². The lowest BCUT2D eigenvalue weighted by Crippen LogP contribution is -2.49. The van der Waals surface area contributed by atoms with Crippen LogP contribution in [0.5, 0.6) is 0 Å². The van der Waals surface area contributed by atoms with Crippen LogP contribution in [0.15, 0.2) is 11.1 Å². The molecule has 4 heterocycles. The first-order valence-corrected chi connectivity index (χ1v) is 9.53. The summed E-state index contributed by atoms with van der Waals surface area (Å²) < 4.78 is 29.8. The number of nitrogens with two attached hydrogens (primary N) is 1. The van der Waals surface area contributed by atoms with Gasteiger partial charge in [0.25, 0.3) is 5.56 Å². The highest BCUT2D eigenvalue weighted by molar-refractivity contribution is 7.46. The van der Waals surface area contributed by atoms with Crippen molar-refractivity contribution in [3.8, 4) is 0 Å². The zero-order valence-electron chi connectivity index (χ0n) is 13.7. The molecule has 4 rings (SSSR count). The van der Waals surface area contributed by atoms with Gasteiger partial charge < -0.3 is 25.0 Å². The normalized spacial score (nSPS) is 31.6. The number of nitrogen functional groups attached to an aromatic ring is 1. The molecule has 142 valence electrons. The minimum Gasteiger partial charge on any atom is -0.371 e. The molecule has 0 saturated carbocycles. The Kier molecular flexibility index (Phi) is 3.95. The van der Waals surface area contributed by atoms with Crippen molar-refractivity contribution in [1.82, 2.24) is 19.5 Å². The van der Waals surface area contributed by atoms with Crippen molar-refractivity contribution in [3.63, 3.8) is 0 Å². The van der Waals surface area contributed by atoms with E-state index in [1.165, 1.54) is 10.9 Å². The van der Waals surface area contributed by atoms with E-state index in [0.29, 0.717) is 19.4 Å². The largest absolute Gasteiger partial charge is 0.470 e. The van der Waals surface area contributed by atoms with Gasteiger partial charge in [-0.25, -0.2) is 9.55 Å². The van der Waals surface area contributed by atoms with Gasteiger partial charge in [-0.05, 0) is 6.42 Å². The van der Waals surface area contributed by atoms with E-state index in [1.54, 1.807) is 0 Å². The molecule has 2 aromatic heterocycles. The van der Waals surface area contributed by atoms with Crippen molar-refractivity contribution >= 4 is 24.9 Å². The number of phosphoric acid groups is 1. The smallest absolute Gasteiger partial charge is 0.371 e. The average molecular weight is 387 g/mol. The first-order chi connectivity index (χ1) is 12.2. The van der Waals surface area contributed by atoms with Gasteiger partial charge in [0.15, 0.2) is 17.4 Å². The molecule has 5 N–H and O–H groups in total. The van der Waals surface area contributed by atoms with Crippen LogP contribution in [0.3, 0.4) is 0 Å². The molecule has 4 atom stereocenters. The predicted octanol–water partition coefficient (Wildman–Crippen LogP) is -0.354. The topological polar surface area (TPSA) is 175 Å². The highest BCUT2D eigenvalue weighted by atomic mass is 31.2. The molecular weight excluding hydrogens is 369 g/mol. The summed E-state index contributed by atoms with van der Waals surface area (Å²) in [4.78, 5) is 41.0. The maximum Gasteiger partial charge on any atom is 0.470 e. The number of rotatable bonds is 4. The van der Waals surface area contributed by atoms with Crippen LogP contribution >= 0.6 is 7.82 Å². The first kappa shape index (κ1) is 17.6. The zero-order valence-corrected chi connectivity index (χ0v) is 14.6. The van der Waals surface area contributed by atoms with E-state index >= 15 is 0 Å². The summed E-state index contributed by atoms with van der Waals surface area (Å²) >= 11 is 0. The monoisotopic (exact) mass is 387 g/mol. The van der Waals surface area contributed by atoms with Crippen LogP contribution in [0, 0.1) is 0 Å². The van der Waals surface area contributed by atoms with Crippen molar-refractivity contribution in [2.75, 3.05) is 12.3 Å². The van der Waals surface area contributed by atoms with Gasteiger partial charge >= 0.3 is 7.82 Å². The number of hydrogen-bond acceptors (Lipinski definition) is 8. The predicted molar refractivity (Wildman–Crippen MR) is 87.0 cm³/mol. The molecule has 0 aromatic carbocycles. The van der Waals surface area contributed by atoms with E-state index in [1.807, 2.05) is 6.92 Å². The van der Waals surface area contributed by atoms with E-state index in [-0.39, 0.29) is 17.1 Å². The molecule has 12 nitrogen and oxygen atoms in total. The van der Waals surface area contributed by atoms with Crippen molar-refractivity contribution < 1.29 is 28.3 Å². The van der Waals surface area contributed by atoms with E-state index in [0.717, 1.165) is 0 Å². The standard InChI is InChI=1S/C13H18N5O7P/c1-2-13-3-4-23-7(8(13)25-26(20,21)22)11(24-13)18-5-15-6-9(18)16-12(14)17-10(6)19/h5,7-8,11H,2-4H2,1H3,(H2,20,21,22)(H3,14,16,17,19)/t7?,8?,11-,13+/m1/s1. The van der Waals surface area contributed by atoms with E-state index in [4.69, 9.17) is 19.7 Å². The van der Waals surface area contributed by atoms with Crippen molar-refractivity contribution in [2.45, 2.75) is 43.8 Å². The molecule has 2 aromatic rings. The van der Waals surface area contributed by atoms with Crippen LogP contribution in [-0.4, -0.2) is 53.7 Å². The summed E-state index contributed by atoms with van der Waals surface area (Å²) in [6.07, 6.45) is -0.396. The molecule has 2 aliphatic rings. The van der Waals surface area contributed by atoms with Crippen LogP contribution < -0.4 is 11.3 Å². The van der Waals surface area contributed by atoms with Gasteiger partial charge in [-0.3, -0.25) is 18.9 Å². The lowest BCUT2D eigenvalue weighted by molar-refractivity contribution is -0.119. The highest BCUT2D eigenvalue weighted by Crippen LogP contribution is 2.53. The third-order valence-corrected chi connectivity index (χ3v) is 5.36. The Labute approximate surface area is 146 Å². The van der Waals surface area contributed by atoms with Crippen LogP contribution in [0.2, 0.25) is 0 Å². The fourth-order valence-corrected chi connectivity index (χ4v) is 4.28. The second-order valence-corrected chi connectivity index (χ2v) is 7.50. The maximum atomic E-state index is 12.0. The summed E-state index contributed by atoms with van der Waals surface area (Å²) in [6, 6.07) is 0. The molecule has 2 fully saturated rings. The number of nitrogens with zero attached hydrogens (tertiary/aromatic N) is 3. The molecule has 2 aliphatic heterocycles. The van der Waals surface area contributed by atoms with Gasteiger partial charge in [0.05, 0.1) is 12.9 Å². The number of imidazole rings is 1. The Hall–Kier alpha value is -1.82. The zero-order chi connectivity index (χ0) is 18.7. The molecule has 2 saturated heterocycles. The molecule has 0 amide bonds. The Morgan fingerprint density at radius 2 is 2.35 bits per heavy atom. The molecule has 2 bridgehead atoms. The molecular formula is C13H18N5O7P. The van der Waals surface area contributed by atoms with Crippen molar-refractivity contribution in [1.29, 1.82) is 0 Å². The van der Waals surface area contributed by atoms with Gasteiger partial charge in [0.2, 0.25) is 5.95 Å². The molecule has 2 unspecified atom stereocenters. The number of hydrogen-bond donors (Lipinski definition) is 4. The third-order valence-electron chi connectivity index (χ3n) is 4.86. The first-order valence-electron chi connectivity index (χ1n) is 8.00. The number of ether oxygens (including phenoxy) is 2. The SMILES string of the molecule is CC[C@]12CCOC(C1OP(=O)(O)O)[C@H](n1cnc3c(=O)[nH]c(N)nc31)O2. The molecule has 26 heavy (non-hydrogen) atoms. The lowest BCUT2D eigenvalue weighted by Gasteiger charge is -2.37. The Balaban J connectivity index is 1.81. The lowest BCUT2D eigenvalue weighted by atomic mass is 9.87. The van der Waals surface area contributed by atoms with Gasteiger partial charge in [0, 0.05) is 6.42 Å². The number of anilines is 1. The van der Waals surface area contributed by atoms with E-state index in [9.17, 15) is 19.1 Å². The number of phosphoric ester groups is 1. The highest BCUT2D eigenvalue weighted by Gasteiger charge is 2.60. The second kappa shape index (κ2) is 5.84. The summed E-state index contributed by atoms with van der Waals surface area (Å²) in [5.74, 6) is -0.0839. The minimum absolute atomic E-state index is 0.0715. The van der Waals surface area contributed by atoms with Gasteiger partial charge in [-0.1, -0.05) is 6.92 Å². The summed E-state index contributed by atoms with van der Waals surface area (Å²) in [6.45, 7) is 2.19. The molecule has 0 aliphatic carbocycles. The van der Waals surface area contributed by atoms with Crippen molar-refractivity contribution in [2.24, 2.45) is 0 Å². The van der Waals surface area contributed by atoms with E-state index < -0.39 is 37.4 Å². The van der Waals surface area contributed by atoms with Gasteiger partial charge in [-0.15, -0.1) is 0 Å². The van der Waals surface area contributed by atoms with E-state index in [2.05, 4.69) is 15.0 Å². The van der Waals surface area contributed by atoms with Gasteiger partial charge in [0.1, 0.15) is 17.8 Å². The Bertz CT molecular complexity index is 954. The van der Waals surface area contributed by atoms with Crippen LogP contribution in [-0.2, 0) is 18.6 Å². The number of nitrogens with one attached hydrogen (secondary N) is 1. The fraction of sp³-hybridized carbons (Fsp3) is 0.615.